The Kier molecular flexibility index (Phi) is 4.45. The molecule has 2 heterocycles. The molecule has 3 rings (SSSR count). The third kappa shape index (κ3) is 3.06. The van der Waals surface area contributed by atoms with E-state index >= 15 is 0 Å². The Hall–Kier alpha value is -1.14. The molecular weight excluding hydrogens is 311 g/mol. The van der Waals surface area contributed by atoms with Crippen molar-refractivity contribution in [3.63, 3.8) is 0 Å². The van der Waals surface area contributed by atoms with E-state index in [2.05, 4.69) is 10.2 Å². The predicted octanol–water partition coefficient (Wildman–Crippen LogP) is 3.24. The number of hydrogen-bond donors (Lipinski definition) is 2. The Labute approximate surface area is 132 Å². The normalized spacial score (nSPS) is 17.8. The fourth-order valence-corrected chi connectivity index (χ4v) is 3.80. The zero-order chi connectivity index (χ0) is 14.8. The van der Waals surface area contributed by atoms with Crippen LogP contribution in [0, 0.1) is 5.82 Å². The van der Waals surface area contributed by atoms with E-state index in [9.17, 15) is 9.50 Å². The first-order chi connectivity index (χ1) is 10.2. The Bertz CT molecular complexity index is 614. The number of piperazine rings is 1. The van der Waals surface area contributed by atoms with Gasteiger partial charge in [0.2, 0.25) is 0 Å². The molecule has 0 spiro atoms. The number of halogens is 2. The van der Waals surface area contributed by atoms with Gasteiger partial charge in [-0.25, -0.2) is 4.39 Å². The zero-order valence-corrected chi connectivity index (χ0v) is 12.9. The molecule has 0 bridgehead atoms. The van der Waals surface area contributed by atoms with Crippen LogP contribution in [0.2, 0.25) is 5.02 Å². The molecule has 0 unspecified atom stereocenters. The SMILES string of the molecule is Oc1c(F)cc(Cl)cc1[C@@H](c1cccs1)N1CCNCC1. The summed E-state index contributed by atoms with van der Waals surface area (Å²) in [4.78, 5) is 3.32. The van der Waals surface area contributed by atoms with Gasteiger partial charge in [0.05, 0.1) is 6.04 Å². The van der Waals surface area contributed by atoms with Crippen LogP contribution in [0.25, 0.3) is 0 Å². The summed E-state index contributed by atoms with van der Waals surface area (Å²) in [5.74, 6) is -0.981. The minimum Gasteiger partial charge on any atom is -0.505 e. The number of hydrogen-bond acceptors (Lipinski definition) is 4. The van der Waals surface area contributed by atoms with Gasteiger partial charge in [0.15, 0.2) is 11.6 Å². The average Bonchev–Trinajstić information content (AvgIpc) is 2.99. The summed E-state index contributed by atoms with van der Waals surface area (Å²) in [6.45, 7) is 3.45. The Balaban J connectivity index is 2.07. The number of nitrogens with zero attached hydrogens (tertiary/aromatic N) is 1. The lowest BCUT2D eigenvalue weighted by Crippen LogP contribution is -2.45. The van der Waals surface area contributed by atoms with Gasteiger partial charge >= 0.3 is 0 Å². The molecule has 1 atom stereocenters. The fourth-order valence-electron chi connectivity index (χ4n) is 2.71. The van der Waals surface area contributed by atoms with Crippen LogP contribution in [0.3, 0.4) is 0 Å². The van der Waals surface area contributed by atoms with Crippen LogP contribution in [-0.4, -0.2) is 36.2 Å². The van der Waals surface area contributed by atoms with Crippen LogP contribution in [0.5, 0.6) is 5.75 Å². The topological polar surface area (TPSA) is 35.5 Å². The third-order valence-electron chi connectivity index (χ3n) is 3.68. The van der Waals surface area contributed by atoms with E-state index in [1.165, 1.54) is 0 Å². The lowest BCUT2D eigenvalue weighted by Gasteiger charge is -2.35. The second-order valence-corrected chi connectivity index (χ2v) is 6.45. The van der Waals surface area contributed by atoms with Crippen LogP contribution in [-0.2, 0) is 0 Å². The molecule has 21 heavy (non-hydrogen) atoms. The van der Waals surface area contributed by atoms with Gasteiger partial charge in [-0.3, -0.25) is 4.90 Å². The molecular formula is C15H16ClFN2OS. The largest absolute Gasteiger partial charge is 0.505 e. The summed E-state index contributed by atoms with van der Waals surface area (Å²) in [7, 11) is 0. The molecule has 2 aromatic rings. The molecule has 0 saturated carbocycles. The van der Waals surface area contributed by atoms with Crippen molar-refractivity contribution in [3.05, 3.63) is 50.9 Å². The number of rotatable bonds is 3. The molecule has 1 fully saturated rings. The molecule has 1 saturated heterocycles. The molecule has 1 aliphatic rings. The van der Waals surface area contributed by atoms with Crippen LogP contribution in [0.1, 0.15) is 16.5 Å². The van der Waals surface area contributed by atoms with Crippen molar-refractivity contribution in [3.8, 4) is 5.75 Å². The van der Waals surface area contributed by atoms with Crippen LogP contribution in [0.15, 0.2) is 29.6 Å². The van der Waals surface area contributed by atoms with Crippen molar-refractivity contribution in [1.29, 1.82) is 0 Å². The van der Waals surface area contributed by atoms with Crippen molar-refractivity contribution < 1.29 is 9.50 Å². The minimum atomic E-state index is -0.672. The number of thiophene rings is 1. The van der Waals surface area contributed by atoms with Crippen LogP contribution < -0.4 is 5.32 Å². The molecule has 3 nitrogen and oxygen atoms in total. The summed E-state index contributed by atoms with van der Waals surface area (Å²) in [5.41, 5.74) is 0.532. The first kappa shape index (κ1) is 14.8. The summed E-state index contributed by atoms with van der Waals surface area (Å²) in [5, 5.41) is 15.7. The second-order valence-electron chi connectivity index (χ2n) is 5.03. The fraction of sp³-hybridized carbons (Fsp3) is 0.333. The number of nitrogens with one attached hydrogen (secondary N) is 1. The average molecular weight is 327 g/mol. The van der Waals surface area contributed by atoms with E-state index in [0.29, 0.717) is 10.6 Å². The van der Waals surface area contributed by atoms with E-state index in [1.807, 2.05) is 17.5 Å². The van der Waals surface area contributed by atoms with Gasteiger partial charge in [-0.2, -0.15) is 0 Å². The zero-order valence-electron chi connectivity index (χ0n) is 11.4. The maximum Gasteiger partial charge on any atom is 0.166 e. The van der Waals surface area contributed by atoms with Gasteiger partial charge in [0.1, 0.15) is 0 Å². The Morgan fingerprint density at radius 1 is 1.33 bits per heavy atom. The van der Waals surface area contributed by atoms with Crippen molar-refractivity contribution >= 4 is 22.9 Å². The molecule has 112 valence electrons. The van der Waals surface area contributed by atoms with E-state index < -0.39 is 5.82 Å². The van der Waals surface area contributed by atoms with Gasteiger partial charge in [0, 0.05) is 41.6 Å². The van der Waals surface area contributed by atoms with Gasteiger partial charge in [-0.05, 0) is 23.6 Å². The Morgan fingerprint density at radius 2 is 2.10 bits per heavy atom. The molecule has 1 aliphatic heterocycles. The smallest absolute Gasteiger partial charge is 0.166 e. The van der Waals surface area contributed by atoms with Gasteiger partial charge in [0.25, 0.3) is 0 Å². The first-order valence-electron chi connectivity index (χ1n) is 6.83. The van der Waals surface area contributed by atoms with Crippen LogP contribution in [0.4, 0.5) is 4.39 Å². The van der Waals surface area contributed by atoms with Crippen molar-refractivity contribution in [2.45, 2.75) is 6.04 Å². The molecule has 2 N–H and O–H groups in total. The maximum atomic E-state index is 13.8. The lowest BCUT2D eigenvalue weighted by atomic mass is 10.0. The van der Waals surface area contributed by atoms with E-state index in [1.54, 1.807) is 17.4 Å². The summed E-state index contributed by atoms with van der Waals surface area (Å²) in [6, 6.07) is 6.61. The van der Waals surface area contributed by atoms with Crippen LogP contribution >= 0.6 is 22.9 Å². The molecule has 0 amide bonds. The van der Waals surface area contributed by atoms with Gasteiger partial charge in [-0.15, -0.1) is 11.3 Å². The highest BCUT2D eigenvalue weighted by molar-refractivity contribution is 7.10. The standard InChI is InChI=1S/C15H16ClFN2OS/c16-10-8-11(15(20)12(17)9-10)14(13-2-1-7-21-13)19-5-3-18-4-6-19/h1-2,7-9,14,18,20H,3-6H2/t14-/m0/s1. The molecule has 0 radical (unpaired) electrons. The molecule has 0 aliphatic carbocycles. The molecule has 1 aromatic carbocycles. The number of phenols is 1. The summed E-state index contributed by atoms with van der Waals surface area (Å²) in [6.07, 6.45) is 0. The number of aromatic hydroxyl groups is 1. The van der Waals surface area contributed by atoms with E-state index in [0.717, 1.165) is 37.1 Å². The molecule has 1 aromatic heterocycles. The van der Waals surface area contributed by atoms with Crippen molar-refractivity contribution in [1.82, 2.24) is 10.2 Å². The maximum absolute atomic E-state index is 13.8. The summed E-state index contributed by atoms with van der Waals surface area (Å²) < 4.78 is 13.8. The van der Waals surface area contributed by atoms with Crippen molar-refractivity contribution in [2.75, 3.05) is 26.2 Å². The minimum absolute atomic E-state index is 0.166. The lowest BCUT2D eigenvalue weighted by molar-refractivity contribution is 0.197. The highest BCUT2D eigenvalue weighted by atomic mass is 35.5. The van der Waals surface area contributed by atoms with Gasteiger partial charge in [-0.1, -0.05) is 17.7 Å². The first-order valence-corrected chi connectivity index (χ1v) is 8.08. The second kappa shape index (κ2) is 6.32. The quantitative estimate of drug-likeness (QED) is 0.909. The van der Waals surface area contributed by atoms with E-state index in [-0.39, 0.29) is 11.8 Å². The van der Waals surface area contributed by atoms with Gasteiger partial charge < -0.3 is 10.4 Å². The number of benzene rings is 1. The van der Waals surface area contributed by atoms with Crippen molar-refractivity contribution in [2.24, 2.45) is 0 Å². The third-order valence-corrected chi connectivity index (χ3v) is 4.82. The highest BCUT2D eigenvalue weighted by Gasteiger charge is 2.28. The Morgan fingerprint density at radius 3 is 2.76 bits per heavy atom. The monoisotopic (exact) mass is 326 g/mol. The summed E-state index contributed by atoms with van der Waals surface area (Å²) >= 11 is 7.59. The van der Waals surface area contributed by atoms with E-state index in [4.69, 9.17) is 11.6 Å². The highest BCUT2D eigenvalue weighted by Crippen LogP contribution is 2.39. The molecule has 6 heteroatoms. The number of phenolic OH excluding ortho intramolecular Hbond substituents is 1. The predicted molar refractivity (Wildman–Crippen MR) is 83.7 cm³/mol.